The molecule has 0 radical (unpaired) electrons. The standard InChI is InChI=1S/C12H12BrFN4OS/c1-18(2)12-17-10(15)9(20-12)11(19)16-8-6(13)4-3-5-7(8)14/h3-5H,15H2,1-2H3,(H,16,19). The van der Waals surface area contributed by atoms with Crippen LogP contribution in [0.25, 0.3) is 0 Å². The third-order valence-corrected chi connectivity index (χ3v) is 4.33. The van der Waals surface area contributed by atoms with Gasteiger partial charge in [0.15, 0.2) is 5.13 Å². The number of carbonyl (C=O) groups excluding carboxylic acids is 1. The Kier molecular flexibility index (Phi) is 4.24. The number of nitrogens with one attached hydrogen (secondary N) is 1. The number of nitrogens with zero attached hydrogens (tertiary/aromatic N) is 2. The highest BCUT2D eigenvalue weighted by Crippen LogP contribution is 2.30. The molecule has 3 N–H and O–H groups in total. The quantitative estimate of drug-likeness (QED) is 0.884. The molecule has 0 bridgehead atoms. The largest absolute Gasteiger partial charge is 0.382 e. The molecule has 1 amide bonds. The first-order chi connectivity index (χ1) is 9.40. The van der Waals surface area contributed by atoms with Crippen LogP contribution in [0, 0.1) is 5.82 Å². The average Bonchev–Trinajstić information content (AvgIpc) is 2.76. The lowest BCUT2D eigenvalue weighted by Crippen LogP contribution is -2.13. The minimum atomic E-state index is -0.524. The summed E-state index contributed by atoms with van der Waals surface area (Å²) in [7, 11) is 3.60. The Bertz CT molecular complexity index is 639. The van der Waals surface area contributed by atoms with Crippen molar-refractivity contribution < 1.29 is 9.18 Å². The zero-order valence-corrected chi connectivity index (χ0v) is 13.2. The molecule has 0 aliphatic rings. The molecule has 0 spiro atoms. The van der Waals surface area contributed by atoms with Crippen LogP contribution in [0.3, 0.4) is 0 Å². The second-order valence-corrected chi connectivity index (χ2v) is 5.99. The van der Waals surface area contributed by atoms with Gasteiger partial charge in [-0.2, -0.15) is 0 Å². The number of para-hydroxylation sites is 1. The van der Waals surface area contributed by atoms with Gasteiger partial charge in [-0.25, -0.2) is 9.37 Å². The maximum Gasteiger partial charge on any atom is 0.269 e. The fraction of sp³-hybridized carbons (Fsp3) is 0.167. The molecule has 0 aliphatic carbocycles. The van der Waals surface area contributed by atoms with Gasteiger partial charge in [0.1, 0.15) is 16.5 Å². The van der Waals surface area contributed by atoms with Gasteiger partial charge in [0.2, 0.25) is 0 Å². The van der Waals surface area contributed by atoms with Crippen molar-refractivity contribution in [1.82, 2.24) is 4.98 Å². The van der Waals surface area contributed by atoms with E-state index in [4.69, 9.17) is 5.73 Å². The molecule has 5 nitrogen and oxygen atoms in total. The predicted molar refractivity (Wildman–Crippen MR) is 82.9 cm³/mol. The number of halogens is 2. The van der Waals surface area contributed by atoms with E-state index in [9.17, 15) is 9.18 Å². The lowest BCUT2D eigenvalue weighted by atomic mass is 10.3. The lowest BCUT2D eigenvalue weighted by Gasteiger charge is -2.07. The number of nitrogens with two attached hydrogens (primary N) is 1. The average molecular weight is 359 g/mol. The molecule has 0 fully saturated rings. The second-order valence-electron chi connectivity index (χ2n) is 4.16. The summed E-state index contributed by atoms with van der Waals surface area (Å²) in [4.78, 5) is 18.2. The van der Waals surface area contributed by atoms with Crippen LogP contribution in [0.15, 0.2) is 22.7 Å². The summed E-state index contributed by atoms with van der Waals surface area (Å²) in [6.07, 6.45) is 0. The van der Waals surface area contributed by atoms with E-state index in [0.717, 1.165) is 11.3 Å². The van der Waals surface area contributed by atoms with Crippen molar-refractivity contribution in [1.29, 1.82) is 0 Å². The molecule has 20 heavy (non-hydrogen) atoms. The number of amides is 1. The summed E-state index contributed by atoms with van der Waals surface area (Å²) in [5, 5.41) is 3.11. The number of anilines is 3. The van der Waals surface area contributed by atoms with Gasteiger partial charge in [0.05, 0.1) is 5.69 Å². The molecular formula is C12H12BrFN4OS. The van der Waals surface area contributed by atoms with Crippen LogP contribution >= 0.6 is 27.3 Å². The molecule has 2 aromatic rings. The topological polar surface area (TPSA) is 71.2 Å². The molecule has 0 atom stereocenters. The van der Waals surface area contributed by atoms with Crippen molar-refractivity contribution in [2.75, 3.05) is 30.0 Å². The highest BCUT2D eigenvalue weighted by atomic mass is 79.9. The van der Waals surface area contributed by atoms with Crippen molar-refractivity contribution in [3.63, 3.8) is 0 Å². The van der Waals surface area contributed by atoms with E-state index in [1.807, 2.05) is 0 Å². The number of hydrogen-bond acceptors (Lipinski definition) is 5. The first kappa shape index (κ1) is 14.7. The maximum absolute atomic E-state index is 13.7. The third-order valence-electron chi connectivity index (χ3n) is 2.43. The third kappa shape index (κ3) is 2.91. The van der Waals surface area contributed by atoms with E-state index in [2.05, 4.69) is 26.2 Å². The van der Waals surface area contributed by atoms with Crippen LogP contribution < -0.4 is 16.0 Å². The van der Waals surface area contributed by atoms with Crippen LogP contribution in [0.5, 0.6) is 0 Å². The van der Waals surface area contributed by atoms with Gasteiger partial charge >= 0.3 is 0 Å². The Morgan fingerprint density at radius 2 is 2.20 bits per heavy atom. The Labute approximate surface area is 127 Å². The van der Waals surface area contributed by atoms with Crippen molar-refractivity contribution in [3.8, 4) is 0 Å². The monoisotopic (exact) mass is 358 g/mol. The molecule has 106 valence electrons. The van der Waals surface area contributed by atoms with Gasteiger partial charge in [-0.3, -0.25) is 4.79 Å². The molecule has 0 saturated carbocycles. The van der Waals surface area contributed by atoms with Gasteiger partial charge < -0.3 is 16.0 Å². The van der Waals surface area contributed by atoms with Gasteiger partial charge in [-0.15, -0.1) is 0 Å². The Hall–Kier alpha value is -1.67. The zero-order valence-electron chi connectivity index (χ0n) is 10.8. The first-order valence-electron chi connectivity index (χ1n) is 5.59. The number of carbonyl (C=O) groups is 1. The second kappa shape index (κ2) is 5.76. The molecular weight excluding hydrogens is 347 g/mol. The number of benzene rings is 1. The molecule has 1 aromatic carbocycles. The van der Waals surface area contributed by atoms with Crippen LogP contribution in [0.1, 0.15) is 9.67 Å². The molecule has 0 saturated heterocycles. The Morgan fingerprint density at radius 3 is 2.75 bits per heavy atom. The minimum Gasteiger partial charge on any atom is -0.382 e. The summed E-state index contributed by atoms with van der Waals surface area (Å²) in [6, 6.07) is 4.45. The van der Waals surface area contributed by atoms with Crippen molar-refractivity contribution in [2.24, 2.45) is 0 Å². The minimum absolute atomic E-state index is 0.0803. The van der Waals surface area contributed by atoms with Crippen molar-refractivity contribution >= 4 is 49.8 Å². The Morgan fingerprint density at radius 1 is 1.50 bits per heavy atom. The van der Waals surface area contributed by atoms with E-state index in [1.165, 1.54) is 6.07 Å². The highest BCUT2D eigenvalue weighted by Gasteiger charge is 2.19. The molecule has 8 heteroatoms. The molecule has 2 rings (SSSR count). The molecule has 1 heterocycles. The number of aromatic nitrogens is 1. The normalized spacial score (nSPS) is 10.4. The smallest absolute Gasteiger partial charge is 0.269 e. The zero-order chi connectivity index (χ0) is 14.9. The highest BCUT2D eigenvalue weighted by molar-refractivity contribution is 9.10. The summed E-state index contributed by atoms with van der Waals surface area (Å²) >= 11 is 4.34. The summed E-state index contributed by atoms with van der Waals surface area (Å²) in [5.41, 5.74) is 5.80. The van der Waals surface area contributed by atoms with Crippen molar-refractivity contribution in [2.45, 2.75) is 0 Å². The fourth-order valence-electron chi connectivity index (χ4n) is 1.46. The van der Waals surface area contributed by atoms with Crippen LogP contribution in [-0.4, -0.2) is 25.0 Å². The Balaban J connectivity index is 2.29. The van der Waals surface area contributed by atoms with Gasteiger partial charge in [-0.1, -0.05) is 17.4 Å². The molecule has 0 unspecified atom stereocenters. The van der Waals surface area contributed by atoms with Gasteiger partial charge in [0.25, 0.3) is 5.91 Å². The first-order valence-corrected chi connectivity index (χ1v) is 7.20. The SMILES string of the molecule is CN(C)c1nc(N)c(C(=O)Nc2c(F)cccc2Br)s1. The maximum atomic E-state index is 13.7. The van der Waals surface area contributed by atoms with Crippen LogP contribution in [0.4, 0.5) is 21.0 Å². The summed E-state index contributed by atoms with van der Waals surface area (Å²) < 4.78 is 14.1. The predicted octanol–water partition coefficient (Wildman–Crippen LogP) is 2.95. The fourth-order valence-corrected chi connectivity index (χ4v) is 2.71. The van der Waals surface area contributed by atoms with Crippen molar-refractivity contribution in [3.05, 3.63) is 33.4 Å². The number of rotatable bonds is 3. The van der Waals surface area contributed by atoms with E-state index >= 15 is 0 Å². The van der Waals surface area contributed by atoms with Gasteiger partial charge in [-0.05, 0) is 28.1 Å². The molecule has 0 aliphatic heterocycles. The summed E-state index contributed by atoms with van der Waals surface area (Å²) in [5.74, 6) is -0.883. The van der Waals surface area contributed by atoms with E-state index in [0.29, 0.717) is 9.60 Å². The van der Waals surface area contributed by atoms with Crippen LogP contribution in [-0.2, 0) is 0 Å². The van der Waals surface area contributed by atoms with E-state index < -0.39 is 11.7 Å². The number of nitrogen functional groups attached to an aromatic ring is 1. The van der Waals surface area contributed by atoms with Gasteiger partial charge in [0, 0.05) is 18.6 Å². The van der Waals surface area contributed by atoms with E-state index in [1.54, 1.807) is 31.1 Å². The van der Waals surface area contributed by atoms with E-state index in [-0.39, 0.29) is 16.4 Å². The molecule has 1 aromatic heterocycles. The lowest BCUT2D eigenvalue weighted by molar-refractivity contribution is 0.103. The number of thiazole rings is 1. The number of hydrogen-bond donors (Lipinski definition) is 2. The van der Waals surface area contributed by atoms with Crippen LogP contribution in [0.2, 0.25) is 0 Å². The summed E-state index contributed by atoms with van der Waals surface area (Å²) in [6.45, 7) is 0.